The van der Waals surface area contributed by atoms with E-state index < -0.39 is 0 Å². The summed E-state index contributed by atoms with van der Waals surface area (Å²) in [6.07, 6.45) is 7.97. The maximum atomic E-state index is 12.3. The minimum atomic E-state index is -0.359. The summed E-state index contributed by atoms with van der Waals surface area (Å²) in [7, 11) is 0. The number of hydrogen-bond donors (Lipinski definition) is 2. The molecule has 4 rings (SSSR count). The summed E-state index contributed by atoms with van der Waals surface area (Å²) < 4.78 is 11.6. The topological polar surface area (TPSA) is 79.9 Å². The third-order valence-electron chi connectivity index (χ3n) is 4.14. The molecule has 1 aromatic heterocycles. The van der Waals surface area contributed by atoms with E-state index in [1.165, 1.54) is 18.2 Å². The van der Waals surface area contributed by atoms with E-state index in [1.807, 2.05) is 30.4 Å². The van der Waals surface area contributed by atoms with Gasteiger partial charge < -0.3 is 19.4 Å². The lowest BCUT2D eigenvalue weighted by Crippen LogP contribution is -2.00. The zero-order valence-electron chi connectivity index (χ0n) is 13.8. The second-order valence-corrected chi connectivity index (χ2v) is 6.03. The molecule has 0 amide bonds. The monoisotopic (exact) mass is 348 g/mol. The summed E-state index contributed by atoms with van der Waals surface area (Å²) in [4.78, 5) is 12.3. The molecule has 2 N–H and O–H groups in total. The molecule has 0 spiro atoms. The smallest absolute Gasteiger partial charge is 0.193 e. The summed E-state index contributed by atoms with van der Waals surface area (Å²) >= 11 is 0. The third-order valence-corrected chi connectivity index (χ3v) is 4.14. The van der Waals surface area contributed by atoms with Crippen molar-refractivity contribution < 1.29 is 19.4 Å². The molecule has 1 heterocycles. The van der Waals surface area contributed by atoms with E-state index in [1.54, 1.807) is 6.07 Å². The van der Waals surface area contributed by atoms with Gasteiger partial charge >= 0.3 is 0 Å². The number of aromatic hydroxyl groups is 2. The molecule has 0 saturated heterocycles. The summed E-state index contributed by atoms with van der Waals surface area (Å²) in [6.45, 7) is 0. The number of hydrogen-bond acceptors (Lipinski definition) is 5. The van der Waals surface area contributed by atoms with Gasteiger partial charge in [-0.1, -0.05) is 18.2 Å². The maximum absolute atomic E-state index is 12.3. The number of ether oxygens (including phenoxy) is 1. The molecular weight excluding hydrogens is 332 g/mol. The number of phenols is 2. The van der Waals surface area contributed by atoms with Crippen molar-refractivity contribution >= 4 is 11.0 Å². The Bertz CT molecular complexity index is 1110. The second-order valence-electron chi connectivity index (χ2n) is 6.03. The van der Waals surface area contributed by atoms with Crippen molar-refractivity contribution in [3.63, 3.8) is 0 Å². The fraction of sp³-hybridized carbons (Fsp3) is 0.0952. The Balaban J connectivity index is 1.74. The largest absolute Gasteiger partial charge is 0.504 e. The molecule has 3 aromatic rings. The molecule has 0 aliphatic heterocycles. The van der Waals surface area contributed by atoms with Crippen molar-refractivity contribution in [1.82, 2.24) is 0 Å². The molecule has 0 unspecified atom stereocenters. The van der Waals surface area contributed by atoms with Crippen LogP contribution in [0.5, 0.6) is 17.2 Å². The number of fused-ring (bicyclic) bond motifs is 1. The zero-order valence-corrected chi connectivity index (χ0v) is 13.8. The van der Waals surface area contributed by atoms with Crippen molar-refractivity contribution in [3.8, 4) is 28.6 Å². The average Bonchev–Trinajstić information content (AvgIpc) is 2.64. The van der Waals surface area contributed by atoms with Gasteiger partial charge in [-0.15, -0.1) is 0 Å². The van der Waals surface area contributed by atoms with E-state index in [2.05, 4.69) is 6.08 Å². The summed E-state index contributed by atoms with van der Waals surface area (Å²) in [5.41, 5.74) is 0.572. The lowest BCUT2D eigenvalue weighted by atomic mass is 10.1. The highest BCUT2D eigenvalue weighted by Gasteiger charge is 2.11. The van der Waals surface area contributed by atoms with E-state index in [-0.39, 0.29) is 27.9 Å². The molecule has 0 fully saturated rings. The first-order chi connectivity index (χ1) is 12.6. The molecule has 5 nitrogen and oxygen atoms in total. The Morgan fingerprint density at radius 3 is 2.65 bits per heavy atom. The molecule has 0 atom stereocenters. The quantitative estimate of drug-likeness (QED) is 0.682. The van der Waals surface area contributed by atoms with Crippen molar-refractivity contribution in [2.75, 3.05) is 0 Å². The van der Waals surface area contributed by atoms with Gasteiger partial charge in [-0.3, -0.25) is 4.79 Å². The molecule has 0 saturated carbocycles. The Morgan fingerprint density at radius 1 is 1.00 bits per heavy atom. The Hall–Kier alpha value is -3.47. The molecule has 0 bridgehead atoms. The van der Waals surface area contributed by atoms with Crippen LogP contribution in [-0.2, 0) is 0 Å². The molecule has 5 heteroatoms. The van der Waals surface area contributed by atoms with Crippen molar-refractivity contribution in [1.29, 1.82) is 0 Å². The number of allylic oxidation sites excluding steroid dienone is 3. The van der Waals surface area contributed by atoms with Crippen LogP contribution in [0.25, 0.3) is 22.3 Å². The van der Waals surface area contributed by atoms with E-state index in [0.29, 0.717) is 17.1 Å². The van der Waals surface area contributed by atoms with Gasteiger partial charge in [0.25, 0.3) is 0 Å². The summed E-state index contributed by atoms with van der Waals surface area (Å²) in [6, 6.07) is 11.0. The van der Waals surface area contributed by atoms with Crippen molar-refractivity contribution in [2.45, 2.75) is 12.8 Å². The summed E-state index contributed by atoms with van der Waals surface area (Å²) in [5, 5.41) is 19.4. The van der Waals surface area contributed by atoms with Gasteiger partial charge in [-0.25, -0.2) is 0 Å². The summed E-state index contributed by atoms with van der Waals surface area (Å²) in [5.74, 6) is 1.07. The highest BCUT2D eigenvalue weighted by atomic mass is 16.5. The minimum Gasteiger partial charge on any atom is -0.504 e. The second kappa shape index (κ2) is 6.44. The molecule has 0 radical (unpaired) electrons. The lowest BCUT2D eigenvalue weighted by molar-refractivity contribution is 0.403. The van der Waals surface area contributed by atoms with Crippen LogP contribution in [0.15, 0.2) is 75.7 Å². The van der Waals surface area contributed by atoms with Gasteiger partial charge in [0.2, 0.25) is 0 Å². The third kappa shape index (κ3) is 3.07. The van der Waals surface area contributed by atoms with Crippen LogP contribution in [0.3, 0.4) is 0 Å². The Kier molecular flexibility index (Phi) is 3.97. The highest BCUT2D eigenvalue weighted by molar-refractivity contribution is 5.82. The van der Waals surface area contributed by atoms with Gasteiger partial charge in [0.15, 0.2) is 16.9 Å². The first kappa shape index (κ1) is 16.0. The number of benzene rings is 2. The van der Waals surface area contributed by atoms with Crippen LogP contribution in [0.1, 0.15) is 12.8 Å². The zero-order chi connectivity index (χ0) is 18.1. The molecular formula is C21H16O5. The van der Waals surface area contributed by atoms with Gasteiger partial charge in [-0.05, 0) is 43.2 Å². The average molecular weight is 348 g/mol. The van der Waals surface area contributed by atoms with Crippen LogP contribution in [0.2, 0.25) is 0 Å². The number of rotatable bonds is 3. The lowest BCUT2D eigenvalue weighted by Gasteiger charge is -2.11. The van der Waals surface area contributed by atoms with Crippen LogP contribution >= 0.6 is 0 Å². The predicted molar refractivity (Wildman–Crippen MR) is 98.3 cm³/mol. The fourth-order valence-electron chi connectivity index (χ4n) is 2.84. The van der Waals surface area contributed by atoms with Crippen LogP contribution in [0, 0.1) is 0 Å². The fourth-order valence-corrected chi connectivity index (χ4v) is 2.84. The maximum Gasteiger partial charge on any atom is 0.193 e. The van der Waals surface area contributed by atoms with Crippen molar-refractivity contribution in [2.24, 2.45) is 0 Å². The SMILES string of the molecule is O=c1cc(-c2cccc(OC3=CCCC=C3)c2)oc2cc(O)c(O)cc12. The van der Waals surface area contributed by atoms with Gasteiger partial charge in [0, 0.05) is 17.7 Å². The van der Waals surface area contributed by atoms with Crippen molar-refractivity contribution in [3.05, 3.63) is 76.7 Å². The molecule has 130 valence electrons. The van der Waals surface area contributed by atoms with Gasteiger partial charge in [0.05, 0.1) is 5.39 Å². The normalized spacial score (nSPS) is 13.6. The molecule has 26 heavy (non-hydrogen) atoms. The van der Waals surface area contributed by atoms with Gasteiger partial charge in [-0.2, -0.15) is 0 Å². The molecule has 1 aliphatic rings. The Labute approximate surface area is 149 Å². The standard InChI is InChI=1S/C21H16O5/c22-17-11-20(26-21-12-19(24)18(23)10-16(17)21)13-5-4-8-15(9-13)25-14-6-2-1-3-7-14/h2,4-12,23-24H,1,3H2. The highest BCUT2D eigenvalue weighted by Crippen LogP contribution is 2.32. The van der Waals surface area contributed by atoms with E-state index >= 15 is 0 Å². The first-order valence-electron chi connectivity index (χ1n) is 8.25. The number of phenolic OH excluding ortho intramolecular Hbond substituents is 2. The first-order valence-corrected chi connectivity index (χ1v) is 8.25. The van der Waals surface area contributed by atoms with Crippen LogP contribution in [0.4, 0.5) is 0 Å². The molecule has 1 aliphatic carbocycles. The van der Waals surface area contributed by atoms with E-state index in [0.717, 1.165) is 18.6 Å². The Morgan fingerprint density at radius 2 is 1.85 bits per heavy atom. The van der Waals surface area contributed by atoms with E-state index in [4.69, 9.17) is 9.15 Å². The molecule has 2 aromatic carbocycles. The minimum absolute atomic E-state index is 0.201. The van der Waals surface area contributed by atoms with E-state index in [9.17, 15) is 15.0 Å². The van der Waals surface area contributed by atoms with Crippen LogP contribution < -0.4 is 10.2 Å². The predicted octanol–water partition coefficient (Wildman–Crippen LogP) is 4.48. The van der Waals surface area contributed by atoms with Crippen LogP contribution in [-0.4, -0.2) is 10.2 Å². The van der Waals surface area contributed by atoms with Gasteiger partial charge in [0.1, 0.15) is 22.9 Å².